The summed E-state index contributed by atoms with van der Waals surface area (Å²) in [7, 11) is -10.0. The van der Waals surface area contributed by atoms with E-state index < -0.39 is 97.5 Å². The van der Waals surface area contributed by atoms with Gasteiger partial charge >= 0.3 is 39.5 Å². The molecular formula is C87H140O17P2. The van der Waals surface area contributed by atoms with E-state index in [1.807, 2.05) is 18.2 Å². The zero-order valence-electron chi connectivity index (χ0n) is 65.5. The molecule has 0 amide bonds. The average molecular weight is 1520 g/mol. The van der Waals surface area contributed by atoms with Gasteiger partial charge in [0.1, 0.15) is 19.3 Å². The molecule has 0 aliphatic heterocycles. The summed E-state index contributed by atoms with van der Waals surface area (Å²) < 4.78 is 68.5. The van der Waals surface area contributed by atoms with E-state index in [1.165, 1.54) is 51.4 Å². The van der Waals surface area contributed by atoms with Crippen molar-refractivity contribution in [3.05, 3.63) is 182 Å². The number of phosphoric ester groups is 2. The van der Waals surface area contributed by atoms with Crippen LogP contribution in [0.5, 0.6) is 0 Å². The van der Waals surface area contributed by atoms with Gasteiger partial charge in [0.15, 0.2) is 12.2 Å². The fourth-order valence-electron chi connectivity index (χ4n) is 9.91. The van der Waals surface area contributed by atoms with Gasteiger partial charge in [-0.05, 0) is 148 Å². The lowest BCUT2D eigenvalue weighted by atomic mass is 10.0. The Labute approximate surface area is 641 Å². The van der Waals surface area contributed by atoms with Crippen molar-refractivity contribution >= 4 is 39.5 Å². The number of ether oxygens (including phenoxy) is 4. The van der Waals surface area contributed by atoms with E-state index in [9.17, 15) is 43.2 Å². The number of phosphoric acid groups is 2. The first-order valence-corrected chi connectivity index (χ1v) is 43.0. The topological polar surface area (TPSA) is 237 Å². The van der Waals surface area contributed by atoms with Crippen molar-refractivity contribution in [1.29, 1.82) is 0 Å². The highest BCUT2D eigenvalue weighted by molar-refractivity contribution is 7.47. The Morgan fingerprint density at radius 1 is 0.274 bits per heavy atom. The van der Waals surface area contributed by atoms with Gasteiger partial charge in [-0.1, -0.05) is 293 Å². The number of aliphatic hydroxyl groups excluding tert-OH is 1. The molecule has 0 saturated carbocycles. The fourth-order valence-corrected chi connectivity index (χ4v) is 11.5. The third-order valence-corrected chi connectivity index (χ3v) is 17.8. The van der Waals surface area contributed by atoms with Crippen LogP contribution in [-0.4, -0.2) is 96.7 Å². The van der Waals surface area contributed by atoms with Crippen LogP contribution in [0.2, 0.25) is 0 Å². The highest BCUT2D eigenvalue weighted by Gasteiger charge is 2.30. The summed E-state index contributed by atoms with van der Waals surface area (Å²) in [5.41, 5.74) is 0. The minimum Gasteiger partial charge on any atom is -0.462 e. The molecule has 0 aliphatic carbocycles. The smallest absolute Gasteiger partial charge is 0.462 e. The zero-order valence-corrected chi connectivity index (χ0v) is 67.3. The molecule has 17 nitrogen and oxygen atoms in total. The Balaban J connectivity index is 5.49. The molecule has 0 aliphatic rings. The fraction of sp³-hybridized carbons (Fsp3) is 0.609. The van der Waals surface area contributed by atoms with Crippen LogP contribution in [0.15, 0.2) is 182 Å². The van der Waals surface area contributed by atoms with Crippen LogP contribution >= 0.6 is 15.6 Å². The van der Waals surface area contributed by atoms with Crippen LogP contribution in [-0.2, 0) is 65.4 Å². The number of aliphatic hydroxyl groups is 1. The van der Waals surface area contributed by atoms with Crippen LogP contribution in [0, 0.1) is 0 Å². The van der Waals surface area contributed by atoms with Gasteiger partial charge in [0.05, 0.1) is 26.4 Å². The first-order valence-electron chi connectivity index (χ1n) is 40.0. The number of carbonyl (C=O) groups excluding carboxylic acids is 4. The second-order valence-corrected chi connectivity index (χ2v) is 28.8. The maximum atomic E-state index is 13.1. The van der Waals surface area contributed by atoms with Gasteiger partial charge in [0, 0.05) is 25.7 Å². The molecule has 0 aromatic rings. The lowest BCUT2D eigenvalue weighted by Gasteiger charge is -2.21. The first kappa shape index (κ1) is 100. The number of hydrogen-bond donors (Lipinski definition) is 3. The second-order valence-electron chi connectivity index (χ2n) is 25.9. The molecule has 0 saturated heterocycles. The first-order chi connectivity index (χ1) is 51.7. The van der Waals surface area contributed by atoms with E-state index in [-0.39, 0.29) is 25.7 Å². The van der Waals surface area contributed by atoms with Gasteiger partial charge < -0.3 is 33.8 Å². The van der Waals surface area contributed by atoms with Crippen LogP contribution in [0.4, 0.5) is 0 Å². The Kier molecular flexibility index (Phi) is 73.1. The lowest BCUT2D eigenvalue weighted by Crippen LogP contribution is -2.30. The SMILES string of the molecule is CC/C=C\C/C=C\C/C=C\C/C=C\C/C=C\C/C=C\CCC(=O)OCC(COP(=O)(O)OCC(O)COP(=O)(O)OCC(COC(=O)CCCCC/C=C\C/C=C\C/C=C\C/C=C\C/C=C\CC)OC(=O)CCCC/C=C\C/C=C\C/C=C\C/C=C\CC)OC(=O)CCCCCCCCCCCCCCC. The number of unbranched alkanes of at least 4 members (excludes halogenated alkanes) is 17. The Morgan fingerprint density at radius 2 is 0.509 bits per heavy atom. The molecule has 0 spiro atoms. The maximum absolute atomic E-state index is 13.1. The Morgan fingerprint density at radius 3 is 0.830 bits per heavy atom. The highest BCUT2D eigenvalue weighted by atomic mass is 31.2. The summed E-state index contributed by atoms with van der Waals surface area (Å²) in [6, 6.07) is 0. The summed E-state index contributed by atoms with van der Waals surface area (Å²) in [6.45, 7) is 4.34. The molecule has 0 aromatic heterocycles. The summed E-state index contributed by atoms with van der Waals surface area (Å²) in [6.07, 6.45) is 93.2. The van der Waals surface area contributed by atoms with Crippen LogP contribution in [0.25, 0.3) is 0 Å². The quantitative estimate of drug-likeness (QED) is 0.0169. The standard InChI is InChI=1S/C87H140O17P2/c1-5-9-13-17-21-25-29-33-36-38-40-42-45-48-51-55-59-63-67-71-84(89)97-77-82(103-86(91)73-69-65-61-57-53-47-32-28-24-20-16-12-8-4)79-101-105(93,94)99-75-81(88)76-100-106(95,96)102-80-83(104-87(92)74-70-66-62-58-54-50-44-35-31-27-23-19-15-11-7-3)78-98-85(90)72-68-64-60-56-52-49-46-43-41-39-37-34-30-26-22-18-14-10-6-2/h9-11,13-15,21-23,25-27,33-37,40-44,48-49,51-52,54,58-59,63,81-83,88H,5-8,12,16-20,24,28-32,38-39,45-47,50,53,55-57,60-62,64-80H2,1-4H3,(H,93,94)(H,95,96)/b13-9-,14-10-,15-11-,25-21-,26-22-,27-23-,36-33-,37-34-,42-40-,43-41-,44-35-,51-48-,52-49-,58-54-,63-59-. The van der Waals surface area contributed by atoms with Gasteiger partial charge in [-0.25, -0.2) is 9.13 Å². The maximum Gasteiger partial charge on any atom is 0.472 e. The number of esters is 4. The lowest BCUT2D eigenvalue weighted by molar-refractivity contribution is -0.161. The normalized spacial score (nSPS) is 14.8. The van der Waals surface area contributed by atoms with Crippen molar-refractivity contribution in [2.75, 3.05) is 39.6 Å². The molecule has 0 bridgehead atoms. The van der Waals surface area contributed by atoms with Crippen molar-refractivity contribution in [3.8, 4) is 0 Å². The average Bonchev–Trinajstić information content (AvgIpc) is 0.901. The zero-order chi connectivity index (χ0) is 77.4. The van der Waals surface area contributed by atoms with Crippen molar-refractivity contribution < 1.29 is 80.2 Å². The molecule has 0 rings (SSSR count). The van der Waals surface area contributed by atoms with Gasteiger partial charge in [-0.3, -0.25) is 37.3 Å². The molecule has 0 heterocycles. The van der Waals surface area contributed by atoms with Gasteiger partial charge in [0.25, 0.3) is 0 Å². The molecule has 600 valence electrons. The van der Waals surface area contributed by atoms with Crippen molar-refractivity contribution in [2.45, 2.75) is 303 Å². The largest absolute Gasteiger partial charge is 0.472 e. The predicted octanol–water partition coefficient (Wildman–Crippen LogP) is 23.6. The summed E-state index contributed by atoms with van der Waals surface area (Å²) in [5.74, 6) is -2.37. The Bertz CT molecular complexity index is 2730. The van der Waals surface area contributed by atoms with Gasteiger partial charge in [-0.15, -0.1) is 0 Å². The predicted molar refractivity (Wildman–Crippen MR) is 436 cm³/mol. The van der Waals surface area contributed by atoms with Crippen molar-refractivity contribution in [1.82, 2.24) is 0 Å². The van der Waals surface area contributed by atoms with Gasteiger partial charge in [0.2, 0.25) is 0 Å². The molecule has 5 atom stereocenters. The van der Waals surface area contributed by atoms with Crippen LogP contribution in [0.1, 0.15) is 285 Å². The van der Waals surface area contributed by atoms with E-state index in [1.54, 1.807) is 0 Å². The number of hydrogen-bond acceptors (Lipinski definition) is 15. The molecule has 0 aromatic carbocycles. The summed E-state index contributed by atoms with van der Waals surface area (Å²) in [5, 5.41) is 10.6. The molecule has 3 N–H and O–H groups in total. The van der Waals surface area contributed by atoms with E-state index in [0.717, 1.165) is 141 Å². The minimum absolute atomic E-state index is 0.0267. The number of carbonyl (C=O) groups is 4. The molecule has 5 unspecified atom stereocenters. The third-order valence-electron chi connectivity index (χ3n) is 15.9. The molecule has 106 heavy (non-hydrogen) atoms. The van der Waals surface area contributed by atoms with E-state index in [4.69, 9.17) is 37.0 Å². The molecule has 19 heteroatoms. The van der Waals surface area contributed by atoms with E-state index >= 15 is 0 Å². The van der Waals surface area contributed by atoms with E-state index in [0.29, 0.717) is 38.5 Å². The van der Waals surface area contributed by atoms with Crippen LogP contribution in [0.3, 0.4) is 0 Å². The monoisotopic (exact) mass is 1520 g/mol. The molecule has 0 fully saturated rings. The van der Waals surface area contributed by atoms with E-state index in [2.05, 4.69) is 192 Å². The van der Waals surface area contributed by atoms with Crippen molar-refractivity contribution in [2.24, 2.45) is 0 Å². The summed E-state index contributed by atoms with van der Waals surface area (Å²) >= 11 is 0. The van der Waals surface area contributed by atoms with Crippen molar-refractivity contribution in [3.63, 3.8) is 0 Å². The molecular weight excluding hydrogens is 1380 g/mol. The van der Waals surface area contributed by atoms with Crippen LogP contribution < -0.4 is 0 Å². The minimum atomic E-state index is -5.01. The number of rotatable bonds is 73. The third kappa shape index (κ3) is 76.4. The number of allylic oxidation sites excluding steroid dienone is 30. The van der Waals surface area contributed by atoms with Gasteiger partial charge in [-0.2, -0.15) is 0 Å². The highest BCUT2D eigenvalue weighted by Crippen LogP contribution is 2.45. The Hall–Kier alpha value is -5.84. The second kappa shape index (κ2) is 77.3. The molecule has 0 radical (unpaired) electrons. The summed E-state index contributed by atoms with van der Waals surface area (Å²) in [4.78, 5) is 73.0.